The average Bonchev–Trinajstić information content (AvgIpc) is 2.75. The average molecular weight is 445 g/mol. The van der Waals surface area contributed by atoms with Crippen molar-refractivity contribution in [2.75, 3.05) is 5.32 Å². The SMILES string of the molecule is C[C@@H](NS(=O)(=O)c1ccc(CCC(=O)Nc2cc(F)ccc2F)cc1)c1ccccc1. The second kappa shape index (κ2) is 9.80. The van der Waals surface area contributed by atoms with Gasteiger partial charge < -0.3 is 5.32 Å². The molecule has 2 N–H and O–H groups in total. The third-order valence-electron chi connectivity index (χ3n) is 4.71. The number of anilines is 1. The fourth-order valence-electron chi connectivity index (χ4n) is 3.01. The molecule has 5 nitrogen and oxygen atoms in total. The van der Waals surface area contributed by atoms with Gasteiger partial charge in [-0.3, -0.25) is 4.79 Å². The number of nitrogens with one attached hydrogen (secondary N) is 2. The van der Waals surface area contributed by atoms with Crippen LogP contribution in [-0.4, -0.2) is 14.3 Å². The van der Waals surface area contributed by atoms with Crippen molar-refractivity contribution >= 4 is 21.6 Å². The summed E-state index contributed by atoms with van der Waals surface area (Å²) in [5.74, 6) is -1.84. The summed E-state index contributed by atoms with van der Waals surface area (Å²) in [6, 6.07) is 17.9. The summed E-state index contributed by atoms with van der Waals surface area (Å²) >= 11 is 0. The third kappa shape index (κ3) is 6.19. The van der Waals surface area contributed by atoms with Crippen molar-refractivity contribution in [2.45, 2.75) is 30.7 Å². The van der Waals surface area contributed by atoms with E-state index in [9.17, 15) is 22.0 Å². The molecule has 3 aromatic rings. The molecule has 0 aliphatic rings. The molecule has 3 rings (SSSR count). The van der Waals surface area contributed by atoms with Crippen molar-refractivity contribution in [1.29, 1.82) is 0 Å². The van der Waals surface area contributed by atoms with E-state index >= 15 is 0 Å². The van der Waals surface area contributed by atoms with Crippen molar-refractivity contribution in [3.8, 4) is 0 Å². The van der Waals surface area contributed by atoms with Crippen LogP contribution in [0.4, 0.5) is 14.5 Å². The zero-order chi connectivity index (χ0) is 22.4. The predicted octanol–water partition coefficient (Wildman–Crippen LogP) is 4.58. The molecule has 0 radical (unpaired) electrons. The second-order valence-electron chi connectivity index (χ2n) is 7.07. The molecule has 0 aromatic heterocycles. The third-order valence-corrected chi connectivity index (χ3v) is 6.27. The summed E-state index contributed by atoms with van der Waals surface area (Å²) in [6.45, 7) is 1.77. The van der Waals surface area contributed by atoms with Crippen LogP contribution in [0.3, 0.4) is 0 Å². The van der Waals surface area contributed by atoms with Crippen molar-refractivity contribution in [2.24, 2.45) is 0 Å². The van der Waals surface area contributed by atoms with Crippen LogP contribution in [-0.2, 0) is 21.2 Å². The van der Waals surface area contributed by atoms with E-state index in [1.54, 1.807) is 19.1 Å². The molecule has 3 aromatic carbocycles. The van der Waals surface area contributed by atoms with Crippen molar-refractivity contribution in [3.05, 3.63) is 95.6 Å². The van der Waals surface area contributed by atoms with Crippen LogP contribution in [0.2, 0.25) is 0 Å². The van der Waals surface area contributed by atoms with E-state index in [1.807, 2.05) is 30.3 Å². The van der Waals surface area contributed by atoms with E-state index in [2.05, 4.69) is 10.0 Å². The zero-order valence-electron chi connectivity index (χ0n) is 16.8. The van der Waals surface area contributed by atoms with E-state index in [-0.39, 0.29) is 17.0 Å². The van der Waals surface area contributed by atoms with Crippen LogP contribution in [0, 0.1) is 11.6 Å². The van der Waals surface area contributed by atoms with Gasteiger partial charge in [-0.05, 0) is 48.7 Å². The van der Waals surface area contributed by atoms with Gasteiger partial charge in [0.2, 0.25) is 15.9 Å². The molecule has 0 unspecified atom stereocenters. The molecule has 1 atom stereocenters. The molecule has 0 aliphatic heterocycles. The fraction of sp³-hybridized carbons (Fsp3) is 0.174. The number of carbonyl (C=O) groups is 1. The number of benzene rings is 3. The molecular weight excluding hydrogens is 422 g/mol. The highest BCUT2D eigenvalue weighted by Crippen LogP contribution is 2.19. The molecule has 8 heteroatoms. The quantitative estimate of drug-likeness (QED) is 0.534. The van der Waals surface area contributed by atoms with Crippen molar-refractivity contribution in [3.63, 3.8) is 0 Å². The first-order chi connectivity index (χ1) is 14.7. The summed E-state index contributed by atoms with van der Waals surface area (Å²) < 4.78 is 54.7. The molecule has 0 spiro atoms. The number of sulfonamides is 1. The van der Waals surface area contributed by atoms with E-state index in [4.69, 9.17) is 0 Å². The highest BCUT2D eigenvalue weighted by atomic mass is 32.2. The number of carbonyl (C=O) groups excluding carboxylic acids is 1. The van der Waals surface area contributed by atoms with E-state index < -0.39 is 33.6 Å². The molecule has 0 aliphatic carbocycles. The number of rotatable bonds is 8. The van der Waals surface area contributed by atoms with E-state index in [0.29, 0.717) is 6.42 Å². The molecule has 0 bridgehead atoms. The monoisotopic (exact) mass is 444 g/mol. The molecule has 1 amide bonds. The summed E-state index contributed by atoms with van der Waals surface area (Å²) in [6.07, 6.45) is 0.349. The number of aryl methyl sites for hydroxylation is 1. The number of halogens is 2. The van der Waals surface area contributed by atoms with Gasteiger partial charge in [0.15, 0.2) is 0 Å². The lowest BCUT2D eigenvalue weighted by Gasteiger charge is -2.15. The normalized spacial score (nSPS) is 12.4. The Morgan fingerprint density at radius 1 is 0.968 bits per heavy atom. The first-order valence-corrected chi connectivity index (χ1v) is 11.1. The minimum absolute atomic E-state index is 0.0331. The molecule has 162 valence electrons. The van der Waals surface area contributed by atoms with Gasteiger partial charge in [-0.1, -0.05) is 42.5 Å². The van der Waals surface area contributed by atoms with E-state index in [1.165, 1.54) is 12.1 Å². The molecular formula is C23H22F2N2O3S. The topological polar surface area (TPSA) is 75.3 Å². The molecule has 0 heterocycles. The van der Waals surface area contributed by atoms with Gasteiger partial charge in [0.05, 0.1) is 10.6 Å². The maximum Gasteiger partial charge on any atom is 0.241 e. The van der Waals surface area contributed by atoms with Gasteiger partial charge in [-0.15, -0.1) is 0 Å². The molecule has 0 fully saturated rings. The summed E-state index contributed by atoms with van der Waals surface area (Å²) in [7, 11) is -3.71. The predicted molar refractivity (Wildman–Crippen MR) is 115 cm³/mol. The largest absolute Gasteiger partial charge is 0.324 e. The minimum Gasteiger partial charge on any atom is -0.324 e. The smallest absolute Gasteiger partial charge is 0.241 e. The molecule has 31 heavy (non-hydrogen) atoms. The standard InChI is InChI=1S/C23H22F2N2O3S/c1-16(18-5-3-2-4-6-18)27-31(29,30)20-11-7-17(8-12-20)9-14-23(28)26-22-15-19(24)10-13-21(22)25/h2-8,10-13,15-16,27H,9,14H2,1H3,(H,26,28)/t16-/m1/s1. The van der Waals surface area contributed by atoms with Crippen LogP contribution >= 0.6 is 0 Å². The maximum atomic E-state index is 13.6. The summed E-state index contributed by atoms with van der Waals surface area (Å²) in [5.41, 5.74) is 1.37. The fourth-order valence-corrected chi connectivity index (χ4v) is 4.24. The maximum absolute atomic E-state index is 13.6. The first kappa shape index (κ1) is 22.6. The number of hydrogen-bond donors (Lipinski definition) is 2. The highest BCUT2D eigenvalue weighted by molar-refractivity contribution is 7.89. The van der Waals surface area contributed by atoms with Gasteiger partial charge in [0, 0.05) is 18.5 Å². The summed E-state index contributed by atoms with van der Waals surface area (Å²) in [4.78, 5) is 12.1. The van der Waals surface area contributed by atoms with Crippen LogP contribution in [0.1, 0.15) is 30.5 Å². The van der Waals surface area contributed by atoms with Crippen LogP contribution in [0.5, 0.6) is 0 Å². The lowest BCUT2D eigenvalue weighted by Crippen LogP contribution is -2.26. The van der Waals surface area contributed by atoms with Crippen LogP contribution in [0.25, 0.3) is 0 Å². The van der Waals surface area contributed by atoms with Crippen molar-refractivity contribution < 1.29 is 22.0 Å². The number of hydrogen-bond acceptors (Lipinski definition) is 3. The van der Waals surface area contributed by atoms with Gasteiger partial charge >= 0.3 is 0 Å². The van der Waals surface area contributed by atoms with Gasteiger partial charge in [-0.25, -0.2) is 21.9 Å². The Hall–Kier alpha value is -3.10. The summed E-state index contributed by atoms with van der Waals surface area (Å²) in [5, 5.41) is 2.33. The Labute approximate surface area is 180 Å². The van der Waals surface area contributed by atoms with Gasteiger partial charge in [0.1, 0.15) is 11.6 Å². The molecule has 0 saturated carbocycles. The first-order valence-electron chi connectivity index (χ1n) is 9.66. The Bertz CT molecular complexity index is 1150. The highest BCUT2D eigenvalue weighted by Gasteiger charge is 2.18. The van der Waals surface area contributed by atoms with Gasteiger partial charge in [-0.2, -0.15) is 0 Å². The Balaban J connectivity index is 1.58. The van der Waals surface area contributed by atoms with E-state index in [0.717, 1.165) is 29.3 Å². The number of amides is 1. The minimum atomic E-state index is -3.71. The Morgan fingerprint density at radius 3 is 2.32 bits per heavy atom. The van der Waals surface area contributed by atoms with Crippen molar-refractivity contribution in [1.82, 2.24) is 4.72 Å². The lowest BCUT2D eigenvalue weighted by atomic mass is 10.1. The second-order valence-corrected chi connectivity index (χ2v) is 8.78. The van der Waals surface area contributed by atoms with Gasteiger partial charge in [0.25, 0.3) is 0 Å². The lowest BCUT2D eigenvalue weighted by molar-refractivity contribution is -0.116. The Morgan fingerprint density at radius 2 is 1.65 bits per heavy atom. The Kier molecular flexibility index (Phi) is 7.14. The van der Waals surface area contributed by atoms with Crippen LogP contribution < -0.4 is 10.0 Å². The molecule has 0 saturated heterocycles. The zero-order valence-corrected chi connectivity index (χ0v) is 17.6. The van der Waals surface area contributed by atoms with Crippen LogP contribution in [0.15, 0.2) is 77.7 Å².